The Morgan fingerprint density at radius 3 is 2.59 bits per heavy atom. The standard InChI is InChI=1S/C16H11N3OSSe/c1-10-6-8-11(9-7-10)14-17-18-16(21-14)19-15(20)12-4-2-3-5-13(12)22-19/h2-9H,1H3. The second kappa shape index (κ2) is 5.32. The van der Waals surface area contributed by atoms with Crippen LogP contribution in [-0.2, 0) is 0 Å². The fourth-order valence-corrected chi connectivity index (χ4v) is 5.25. The monoisotopic (exact) mass is 373 g/mol. The molecule has 4 aromatic rings. The Labute approximate surface area is 136 Å². The Bertz CT molecular complexity index is 1010. The van der Waals surface area contributed by atoms with Crippen molar-refractivity contribution in [2.45, 2.75) is 6.92 Å². The molecule has 0 bridgehead atoms. The van der Waals surface area contributed by atoms with Crippen molar-refractivity contribution in [2.75, 3.05) is 0 Å². The van der Waals surface area contributed by atoms with Crippen LogP contribution in [0.4, 0.5) is 0 Å². The Kier molecular flexibility index (Phi) is 3.30. The first kappa shape index (κ1) is 13.6. The zero-order chi connectivity index (χ0) is 15.1. The molecule has 4 nitrogen and oxygen atoms in total. The van der Waals surface area contributed by atoms with Crippen molar-refractivity contribution in [3.05, 3.63) is 64.4 Å². The van der Waals surface area contributed by atoms with E-state index in [9.17, 15) is 4.79 Å². The first-order valence-electron chi connectivity index (χ1n) is 6.74. The van der Waals surface area contributed by atoms with Gasteiger partial charge < -0.3 is 0 Å². The van der Waals surface area contributed by atoms with Gasteiger partial charge in [-0.05, 0) is 0 Å². The summed E-state index contributed by atoms with van der Waals surface area (Å²) in [7, 11) is 0. The van der Waals surface area contributed by atoms with Gasteiger partial charge in [0.05, 0.1) is 0 Å². The van der Waals surface area contributed by atoms with Crippen LogP contribution < -0.4 is 5.56 Å². The van der Waals surface area contributed by atoms with Gasteiger partial charge in [-0.3, -0.25) is 0 Å². The topological polar surface area (TPSA) is 47.8 Å². The van der Waals surface area contributed by atoms with Gasteiger partial charge in [0, 0.05) is 0 Å². The van der Waals surface area contributed by atoms with Crippen molar-refractivity contribution in [1.82, 2.24) is 13.8 Å². The number of rotatable bonds is 2. The average Bonchev–Trinajstić information content (AvgIpc) is 3.14. The van der Waals surface area contributed by atoms with Crippen LogP contribution in [-0.4, -0.2) is 28.5 Å². The first-order valence-corrected chi connectivity index (χ1v) is 9.18. The molecule has 0 aliphatic heterocycles. The molecule has 108 valence electrons. The van der Waals surface area contributed by atoms with Gasteiger partial charge in [-0.25, -0.2) is 0 Å². The van der Waals surface area contributed by atoms with E-state index >= 15 is 0 Å². The Morgan fingerprint density at radius 2 is 1.82 bits per heavy atom. The summed E-state index contributed by atoms with van der Waals surface area (Å²) in [6, 6.07) is 15.9. The van der Waals surface area contributed by atoms with Gasteiger partial charge in [0.1, 0.15) is 0 Å². The van der Waals surface area contributed by atoms with Crippen LogP contribution in [0.15, 0.2) is 53.3 Å². The third-order valence-electron chi connectivity index (χ3n) is 3.38. The molecular formula is C16H11N3OSSe. The van der Waals surface area contributed by atoms with Gasteiger partial charge in [0.15, 0.2) is 0 Å². The molecule has 0 amide bonds. The number of aryl methyl sites for hydroxylation is 1. The van der Waals surface area contributed by atoms with Crippen LogP contribution >= 0.6 is 11.3 Å². The molecule has 0 aliphatic rings. The van der Waals surface area contributed by atoms with E-state index in [4.69, 9.17) is 0 Å². The van der Waals surface area contributed by atoms with E-state index in [0.717, 1.165) is 20.2 Å². The normalized spacial score (nSPS) is 11.1. The number of fused-ring (bicyclic) bond motifs is 1. The summed E-state index contributed by atoms with van der Waals surface area (Å²) in [5.74, 6) is 0. The quantitative estimate of drug-likeness (QED) is 0.509. The fourth-order valence-electron chi connectivity index (χ4n) is 2.21. The van der Waals surface area contributed by atoms with Crippen LogP contribution in [0.1, 0.15) is 5.56 Å². The van der Waals surface area contributed by atoms with Gasteiger partial charge in [-0.1, -0.05) is 0 Å². The second-order valence-corrected chi connectivity index (χ2v) is 7.97. The van der Waals surface area contributed by atoms with E-state index in [1.807, 2.05) is 36.4 Å². The minimum absolute atomic E-state index is 0.0298. The van der Waals surface area contributed by atoms with Crippen LogP contribution in [0.25, 0.3) is 25.3 Å². The van der Waals surface area contributed by atoms with Crippen molar-refractivity contribution in [3.63, 3.8) is 0 Å². The van der Waals surface area contributed by atoms with Gasteiger partial charge in [0.25, 0.3) is 0 Å². The summed E-state index contributed by atoms with van der Waals surface area (Å²) >= 11 is 1.40. The van der Waals surface area contributed by atoms with Crippen LogP contribution in [0, 0.1) is 6.92 Å². The van der Waals surface area contributed by atoms with Gasteiger partial charge in [-0.15, -0.1) is 0 Å². The SMILES string of the molecule is Cc1ccc(-c2nnc(-n3[se]c4ccccc4c3=O)s2)cc1. The molecule has 0 spiro atoms. The van der Waals surface area contributed by atoms with E-state index in [-0.39, 0.29) is 20.3 Å². The van der Waals surface area contributed by atoms with Crippen LogP contribution in [0.2, 0.25) is 0 Å². The van der Waals surface area contributed by atoms with E-state index < -0.39 is 0 Å². The molecule has 22 heavy (non-hydrogen) atoms. The molecule has 4 rings (SSSR count). The molecule has 0 radical (unpaired) electrons. The van der Waals surface area contributed by atoms with Crippen molar-refractivity contribution in [3.8, 4) is 15.7 Å². The molecule has 0 atom stereocenters. The number of aromatic nitrogens is 3. The van der Waals surface area contributed by atoms with Crippen molar-refractivity contribution in [2.24, 2.45) is 0 Å². The summed E-state index contributed by atoms with van der Waals surface area (Å²) in [6.45, 7) is 2.05. The maximum absolute atomic E-state index is 12.5. The molecule has 2 aromatic heterocycles. The van der Waals surface area contributed by atoms with Crippen molar-refractivity contribution >= 4 is 35.7 Å². The minimum atomic E-state index is -0.0578. The fraction of sp³-hybridized carbons (Fsp3) is 0.0625. The Hall–Kier alpha value is -2.01. The molecule has 0 saturated heterocycles. The van der Waals surface area contributed by atoms with Gasteiger partial charge in [0.2, 0.25) is 0 Å². The molecule has 0 saturated carbocycles. The van der Waals surface area contributed by atoms with Crippen LogP contribution in [0.5, 0.6) is 0 Å². The van der Waals surface area contributed by atoms with E-state index in [0.29, 0.717) is 5.13 Å². The number of hydrogen-bond acceptors (Lipinski definition) is 4. The molecule has 6 heteroatoms. The van der Waals surface area contributed by atoms with Gasteiger partial charge in [-0.2, -0.15) is 0 Å². The van der Waals surface area contributed by atoms with Gasteiger partial charge >= 0.3 is 137 Å². The molecule has 0 unspecified atom stereocenters. The van der Waals surface area contributed by atoms with E-state index in [2.05, 4.69) is 29.3 Å². The summed E-state index contributed by atoms with van der Waals surface area (Å²) in [5, 5.41) is 10.8. The van der Waals surface area contributed by atoms with Crippen molar-refractivity contribution in [1.29, 1.82) is 0 Å². The zero-order valence-electron chi connectivity index (χ0n) is 11.7. The summed E-state index contributed by atoms with van der Waals surface area (Å²) in [6.07, 6.45) is 0. The molecule has 0 N–H and O–H groups in total. The average molecular weight is 372 g/mol. The predicted molar refractivity (Wildman–Crippen MR) is 90.1 cm³/mol. The third-order valence-corrected chi connectivity index (χ3v) is 6.85. The second-order valence-electron chi connectivity index (χ2n) is 4.94. The molecule has 2 aromatic carbocycles. The van der Waals surface area contributed by atoms with E-state index in [1.165, 1.54) is 16.9 Å². The summed E-state index contributed by atoms with van der Waals surface area (Å²) in [4.78, 5) is 12.5. The number of hydrogen-bond donors (Lipinski definition) is 0. The summed E-state index contributed by atoms with van der Waals surface area (Å²) < 4.78 is 2.86. The maximum atomic E-state index is 12.5. The number of nitrogens with zero attached hydrogens (tertiary/aromatic N) is 3. The Balaban J connectivity index is 1.81. The predicted octanol–water partition coefficient (Wildman–Crippen LogP) is 2.87. The van der Waals surface area contributed by atoms with E-state index in [1.54, 1.807) is 3.56 Å². The molecule has 2 heterocycles. The first-order chi connectivity index (χ1) is 10.7. The molecule has 0 fully saturated rings. The molecular weight excluding hydrogens is 361 g/mol. The summed E-state index contributed by atoms with van der Waals surface area (Å²) in [5.41, 5.74) is 2.27. The third kappa shape index (κ3) is 2.25. The Morgan fingerprint density at radius 1 is 1.05 bits per heavy atom. The van der Waals surface area contributed by atoms with Crippen LogP contribution in [0.3, 0.4) is 0 Å². The number of benzene rings is 2. The molecule has 0 aliphatic carbocycles. The zero-order valence-corrected chi connectivity index (χ0v) is 14.2. The van der Waals surface area contributed by atoms with Crippen molar-refractivity contribution < 1.29 is 0 Å².